The maximum absolute atomic E-state index is 5.34. The largest absolute Gasteiger partial charge is 0.381 e. The van der Waals surface area contributed by atoms with Crippen LogP contribution in [-0.2, 0) is 4.74 Å². The van der Waals surface area contributed by atoms with Crippen molar-refractivity contribution in [3.8, 4) is 0 Å². The summed E-state index contributed by atoms with van der Waals surface area (Å²) in [5, 5.41) is 6.43. The fourth-order valence-corrected chi connectivity index (χ4v) is 2.05. The molecule has 0 saturated carbocycles. The van der Waals surface area contributed by atoms with Gasteiger partial charge in [-0.25, -0.2) is 4.98 Å². The van der Waals surface area contributed by atoms with Crippen LogP contribution >= 0.6 is 15.9 Å². The molecular formula is C11H17BrN4O. The molecule has 2 rings (SSSR count). The minimum absolute atomic E-state index is 0.583. The molecule has 0 spiro atoms. The van der Waals surface area contributed by atoms with E-state index in [-0.39, 0.29) is 0 Å². The molecule has 0 amide bonds. The molecular weight excluding hydrogens is 284 g/mol. The number of halogens is 1. The first kappa shape index (κ1) is 12.6. The van der Waals surface area contributed by atoms with Gasteiger partial charge in [0.2, 0.25) is 5.95 Å². The average Bonchev–Trinajstić information content (AvgIpc) is 2.83. The Balaban J connectivity index is 1.95. The van der Waals surface area contributed by atoms with Crippen molar-refractivity contribution in [3.63, 3.8) is 0 Å². The smallest absolute Gasteiger partial charge is 0.224 e. The fraction of sp³-hybridized carbons (Fsp3) is 0.636. The maximum Gasteiger partial charge on any atom is 0.224 e. The van der Waals surface area contributed by atoms with Gasteiger partial charge in [0.15, 0.2) is 0 Å². The molecule has 1 unspecified atom stereocenters. The lowest BCUT2D eigenvalue weighted by atomic mass is 10.1. The molecule has 0 radical (unpaired) electrons. The van der Waals surface area contributed by atoms with Crippen LogP contribution in [0, 0.1) is 5.92 Å². The van der Waals surface area contributed by atoms with E-state index < -0.39 is 0 Å². The van der Waals surface area contributed by atoms with Gasteiger partial charge in [0, 0.05) is 31.8 Å². The molecule has 1 aliphatic rings. The van der Waals surface area contributed by atoms with Crippen LogP contribution in [0.1, 0.15) is 13.3 Å². The second kappa shape index (κ2) is 6.16. The number of aromatic nitrogens is 2. The number of anilines is 2. The van der Waals surface area contributed by atoms with Crippen LogP contribution in [0.4, 0.5) is 11.8 Å². The Morgan fingerprint density at radius 1 is 1.53 bits per heavy atom. The summed E-state index contributed by atoms with van der Waals surface area (Å²) in [6.07, 6.45) is 2.88. The second-order valence-corrected chi connectivity index (χ2v) is 4.89. The van der Waals surface area contributed by atoms with Crippen LogP contribution in [0.15, 0.2) is 10.7 Å². The number of hydrogen-bond donors (Lipinski definition) is 2. The van der Waals surface area contributed by atoms with Gasteiger partial charge < -0.3 is 15.4 Å². The molecule has 5 nitrogen and oxygen atoms in total. The van der Waals surface area contributed by atoms with Crippen LogP contribution in [-0.4, -0.2) is 36.3 Å². The van der Waals surface area contributed by atoms with E-state index in [0.29, 0.717) is 11.9 Å². The number of hydrogen-bond acceptors (Lipinski definition) is 5. The third-order valence-corrected chi connectivity index (χ3v) is 3.24. The van der Waals surface area contributed by atoms with Gasteiger partial charge in [0.25, 0.3) is 0 Å². The second-order valence-electron chi connectivity index (χ2n) is 4.03. The molecule has 1 aliphatic heterocycles. The van der Waals surface area contributed by atoms with E-state index in [2.05, 4.69) is 36.5 Å². The zero-order valence-corrected chi connectivity index (χ0v) is 11.5. The standard InChI is InChI=1S/C11H17BrN4O/c1-2-13-11-15-6-9(12)10(16-11)14-5-8-3-4-17-7-8/h6,8H,2-5,7H2,1H3,(H2,13,14,15,16). The molecule has 6 heteroatoms. The van der Waals surface area contributed by atoms with Gasteiger partial charge in [-0.3, -0.25) is 0 Å². The van der Waals surface area contributed by atoms with Crippen LogP contribution < -0.4 is 10.6 Å². The van der Waals surface area contributed by atoms with Crippen molar-refractivity contribution in [3.05, 3.63) is 10.7 Å². The molecule has 2 N–H and O–H groups in total. The van der Waals surface area contributed by atoms with Gasteiger partial charge in [-0.05, 0) is 29.3 Å². The lowest BCUT2D eigenvalue weighted by Crippen LogP contribution is -2.16. The summed E-state index contributed by atoms with van der Waals surface area (Å²) in [6.45, 7) is 5.45. The maximum atomic E-state index is 5.34. The van der Waals surface area contributed by atoms with Crippen molar-refractivity contribution in [1.82, 2.24) is 9.97 Å². The van der Waals surface area contributed by atoms with Crippen LogP contribution in [0.3, 0.4) is 0 Å². The highest BCUT2D eigenvalue weighted by Gasteiger charge is 2.16. The molecule has 0 bridgehead atoms. The summed E-state index contributed by atoms with van der Waals surface area (Å²) in [6, 6.07) is 0. The number of nitrogens with one attached hydrogen (secondary N) is 2. The quantitative estimate of drug-likeness (QED) is 0.872. The summed E-state index contributed by atoms with van der Waals surface area (Å²) in [5.74, 6) is 2.07. The molecule has 1 aromatic rings. The van der Waals surface area contributed by atoms with Gasteiger partial charge in [-0.15, -0.1) is 0 Å². The molecule has 17 heavy (non-hydrogen) atoms. The molecule has 1 aromatic heterocycles. The summed E-state index contributed by atoms with van der Waals surface area (Å²) >= 11 is 3.44. The first-order valence-electron chi connectivity index (χ1n) is 5.87. The topological polar surface area (TPSA) is 59.1 Å². The van der Waals surface area contributed by atoms with Crippen LogP contribution in [0.5, 0.6) is 0 Å². The van der Waals surface area contributed by atoms with E-state index in [9.17, 15) is 0 Å². The Kier molecular flexibility index (Phi) is 4.56. The zero-order chi connectivity index (χ0) is 12.1. The van der Waals surface area contributed by atoms with E-state index >= 15 is 0 Å². The van der Waals surface area contributed by atoms with Crippen molar-refractivity contribution >= 4 is 27.7 Å². The molecule has 1 fully saturated rings. The van der Waals surface area contributed by atoms with Gasteiger partial charge in [0.05, 0.1) is 11.1 Å². The van der Waals surface area contributed by atoms with Crippen molar-refractivity contribution in [2.45, 2.75) is 13.3 Å². The van der Waals surface area contributed by atoms with Gasteiger partial charge in [0.1, 0.15) is 5.82 Å². The SMILES string of the molecule is CCNc1ncc(Br)c(NCC2CCOC2)n1. The Morgan fingerprint density at radius 2 is 2.41 bits per heavy atom. The van der Waals surface area contributed by atoms with Crippen LogP contribution in [0.2, 0.25) is 0 Å². The van der Waals surface area contributed by atoms with Crippen molar-refractivity contribution in [1.29, 1.82) is 0 Å². The number of nitrogens with zero attached hydrogens (tertiary/aromatic N) is 2. The van der Waals surface area contributed by atoms with E-state index in [1.54, 1.807) is 6.20 Å². The molecule has 94 valence electrons. The van der Waals surface area contributed by atoms with E-state index in [1.165, 1.54) is 0 Å². The number of rotatable bonds is 5. The summed E-state index contributed by atoms with van der Waals surface area (Å²) in [7, 11) is 0. The van der Waals surface area contributed by atoms with Gasteiger partial charge in [-0.1, -0.05) is 0 Å². The van der Waals surface area contributed by atoms with E-state index in [4.69, 9.17) is 4.74 Å². The third kappa shape index (κ3) is 3.54. The number of ether oxygens (including phenoxy) is 1. The third-order valence-electron chi connectivity index (χ3n) is 2.66. The van der Waals surface area contributed by atoms with Gasteiger partial charge in [-0.2, -0.15) is 4.98 Å². The zero-order valence-electron chi connectivity index (χ0n) is 9.87. The minimum Gasteiger partial charge on any atom is -0.381 e. The fourth-order valence-electron chi connectivity index (χ4n) is 1.72. The van der Waals surface area contributed by atoms with Crippen molar-refractivity contribution < 1.29 is 4.74 Å². The summed E-state index contributed by atoms with van der Waals surface area (Å²) < 4.78 is 6.23. The molecule has 0 aromatic carbocycles. The highest BCUT2D eigenvalue weighted by atomic mass is 79.9. The average molecular weight is 301 g/mol. The lowest BCUT2D eigenvalue weighted by Gasteiger charge is -2.12. The lowest BCUT2D eigenvalue weighted by molar-refractivity contribution is 0.187. The van der Waals surface area contributed by atoms with Crippen LogP contribution in [0.25, 0.3) is 0 Å². The molecule has 2 heterocycles. The Labute approximate surface area is 110 Å². The minimum atomic E-state index is 0.583. The molecule has 1 atom stereocenters. The predicted octanol–water partition coefficient (Wildman–Crippen LogP) is 2.12. The van der Waals surface area contributed by atoms with Crippen molar-refractivity contribution in [2.24, 2.45) is 5.92 Å². The highest BCUT2D eigenvalue weighted by molar-refractivity contribution is 9.10. The first-order chi connectivity index (χ1) is 8.29. The normalized spacial score (nSPS) is 19.3. The predicted molar refractivity (Wildman–Crippen MR) is 71.3 cm³/mol. The Hall–Kier alpha value is -0.880. The van der Waals surface area contributed by atoms with Gasteiger partial charge >= 0.3 is 0 Å². The van der Waals surface area contributed by atoms with E-state index in [1.807, 2.05) is 6.92 Å². The monoisotopic (exact) mass is 300 g/mol. The summed E-state index contributed by atoms with van der Waals surface area (Å²) in [5.41, 5.74) is 0. The van der Waals surface area contributed by atoms with E-state index in [0.717, 1.165) is 43.0 Å². The Bertz CT molecular complexity index is 368. The van der Waals surface area contributed by atoms with Crippen molar-refractivity contribution in [2.75, 3.05) is 36.9 Å². The summed E-state index contributed by atoms with van der Waals surface area (Å²) in [4.78, 5) is 8.58. The Morgan fingerprint density at radius 3 is 3.12 bits per heavy atom. The highest BCUT2D eigenvalue weighted by Crippen LogP contribution is 2.21. The first-order valence-corrected chi connectivity index (χ1v) is 6.67. The molecule has 0 aliphatic carbocycles. The molecule has 1 saturated heterocycles.